The van der Waals surface area contributed by atoms with Crippen molar-refractivity contribution in [2.45, 2.75) is 22.9 Å². The van der Waals surface area contributed by atoms with Crippen molar-refractivity contribution in [1.82, 2.24) is 4.98 Å². The van der Waals surface area contributed by atoms with Crippen LogP contribution in [0.3, 0.4) is 0 Å². The zero-order valence-corrected chi connectivity index (χ0v) is 11.3. The molecule has 18 heavy (non-hydrogen) atoms. The van der Waals surface area contributed by atoms with Gasteiger partial charge in [-0.3, -0.25) is 0 Å². The average molecular weight is 283 g/mol. The van der Waals surface area contributed by atoms with Gasteiger partial charge in [0.05, 0.1) is 5.02 Å². The van der Waals surface area contributed by atoms with Crippen LogP contribution in [0.25, 0.3) is 0 Å². The third kappa shape index (κ3) is 2.83. The maximum atomic E-state index is 13.8. The maximum Gasteiger partial charge on any atom is 0.129 e. The van der Waals surface area contributed by atoms with Crippen LogP contribution in [0.1, 0.15) is 18.5 Å². The first-order valence-electron chi connectivity index (χ1n) is 5.42. The maximum absolute atomic E-state index is 13.8. The standard InChI is InChI=1S/C13H12ClFN2S/c1-8(16)12-10(15)5-2-6-11(12)18-13-9(14)4-3-7-17-13/h2-8H,16H2,1H3/t8-/m1/s1. The summed E-state index contributed by atoms with van der Waals surface area (Å²) in [4.78, 5) is 4.91. The van der Waals surface area contributed by atoms with E-state index in [1.807, 2.05) is 6.07 Å². The summed E-state index contributed by atoms with van der Waals surface area (Å²) in [5.41, 5.74) is 6.29. The summed E-state index contributed by atoms with van der Waals surface area (Å²) in [6.07, 6.45) is 1.65. The largest absolute Gasteiger partial charge is 0.324 e. The molecule has 0 amide bonds. The molecule has 0 unspecified atom stereocenters. The Labute approximate surface area is 114 Å². The number of aromatic nitrogens is 1. The van der Waals surface area contributed by atoms with Gasteiger partial charge in [-0.1, -0.05) is 29.4 Å². The highest BCUT2D eigenvalue weighted by atomic mass is 35.5. The molecule has 0 bridgehead atoms. The molecule has 0 radical (unpaired) electrons. The molecule has 1 atom stereocenters. The first-order chi connectivity index (χ1) is 8.59. The van der Waals surface area contributed by atoms with Crippen LogP contribution in [0.15, 0.2) is 46.5 Å². The molecule has 1 heterocycles. The van der Waals surface area contributed by atoms with Crippen molar-refractivity contribution < 1.29 is 4.39 Å². The molecule has 2 aromatic rings. The lowest BCUT2D eigenvalue weighted by molar-refractivity contribution is 0.585. The fourth-order valence-electron chi connectivity index (χ4n) is 1.60. The molecule has 5 heteroatoms. The molecule has 0 fully saturated rings. The summed E-state index contributed by atoms with van der Waals surface area (Å²) >= 11 is 7.36. The van der Waals surface area contributed by atoms with E-state index in [0.717, 1.165) is 4.90 Å². The van der Waals surface area contributed by atoms with E-state index < -0.39 is 0 Å². The monoisotopic (exact) mass is 282 g/mol. The highest BCUT2D eigenvalue weighted by Crippen LogP contribution is 2.36. The average Bonchev–Trinajstić information content (AvgIpc) is 2.31. The molecule has 2 N–H and O–H groups in total. The predicted molar refractivity (Wildman–Crippen MR) is 72.4 cm³/mol. The van der Waals surface area contributed by atoms with Crippen molar-refractivity contribution in [3.05, 3.63) is 52.9 Å². The predicted octanol–water partition coefficient (Wildman–Crippen LogP) is 4.05. The Balaban J connectivity index is 2.41. The van der Waals surface area contributed by atoms with Crippen molar-refractivity contribution >= 4 is 23.4 Å². The van der Waals surface area contributed by atoms with E-state index in [1.165, 1.54) is 17.8 Å². The van der Waals surface area contributed by atoms with Gasteiger partial charge in [0.25, 0.3) is 0 Å². The number of hydrogen-bond donors (Lipinski definition) is 1. The number of hydrogen-bond acceptors (Lipinski definition) is 3. The summed E-state index contributed by atoms with van der Waals surface area (Å²) in [5, 5.41) is 1.19. The normalized spacial score (nSPS) is 12.4. The minimum Gasteiger partial charge on any atom is -0.324 e. The number of benzene rings is 1. The first kappa shape index (κ1) is 13.3. The summed E-state index contributed by atoms with van der Waals surface area (Å²) in [7, 11) is 0. The van der Waals surface area contributed by atoms with Crippen LogP contribution in [-0.2, 0) is 0 Å². The van der Waals surface area contributed by atoms with Gasteiger partial charge in [-0.2, -0.15) is 0 Å². The van der Waals surface area contributed by atoms with Gasteiger partial charge in [0.15, 0.2) is 0 Å². The third-order valence-corrected chi connectivity index (χ3v) is 3.91. The summed E-state index contributed by atoms with van der Waals surface area (Å²) in [6.45, 7) is 1.75. The molecule has 1 aromatic carbocycles. The molecule has 94 valence electrons. The highest BCUT2D eigenvalue weighted by molar-refractivity contribution is 7.99. The van der Waals surface area contributed by atoms with Gasteiger partial charge in [-0.25, -0.2) is 9.37 Å². The van der Waals surface area contributed by atoms with Crippen molar-refractivity contribution in [1.29, 1.82) is 0 Å². The smallest absolute Gasteiger partial charge is 0.129 e. The summed E-state index contributed by atoms with van der Waals surface area (Å²) < 4.78 is 13.8. The minimum absolute atomic E-state index is 0.304. The number of nitrogens with zero attached hydrogens (tertiary/aromatic N) is 1. The molecule has 0 aliphatic rings. The fraction of sp³-hybridized carbons (Fsp3) is 0.154. The van der Waals surface area contributed by atoms with Crippen LogP contribution in [-0.4, -0.2) is 4.98 Å². The van der Waals surface area contributed by atoms with Crippen molar-refractivity contribution in [3.63, 3.8) is 0 Å². The molecule has 1 aromatic heterocycles. The van der Waals surface area contributed by atoms with E-state index >= 15 is 0 Å². The van der Waals surface area contributed by atoms with Crippen LogP contribution in [0.5, 0.6) is 0 Å². The molecule has 0 saturated carbocycles. The Morgan fingerprint density at radius 1 is 1.33 bits per heavy atom. The molecule has 0 aliphatic carbocycles. The van der Waals surface area contributed by atoms with Crippen molar-refractivity contribution in [2.24, 2.45) is 5.73 Å². The van der Waals surface area contributed by atoms with Gasteiger partial charge in [0.2, 0.25) is 0 Å². The van der Waals surface area contributed by atoms with Gasteiger partial charge in [0, 0.05) is 22.7 Å². The van der Waals surface area contributed by atoms with Crippen molar-refractivity contribution in [3.8, 4) is 0 Å². The van der Waals surface area contributed by atoms with Crippen LogP contribution in [0.4, 0.5) is 4.39 Å². The Bertz CT molecular complexity index is 560. The Morgan fingerprint density at radius 2 is 2.11 bits per heavy atom. The van der Waals surface area contributed by atoms with E-state index in [9.17, 15) is 4.39 Å². The zero-order valence-electron chi connectivity index (χ0n) is 9.73. The van der Waals surface area contributed by atoms with E-state index in [2.05, 4.69) is 4.98 Å². The van der Waals surface area contributed by atoms with E-state index in [4.69, 9.17) is 17.3 Å². The number of pyridine rings is 1. The SMILES string of the molecule is C[C@@H](N)c1c(F)cccc1Sc1ncccc1Cl. The topological polar surface area (TPSA) is 38.9 Å². The second-order valence-electron chi connectivity index (χ2n) is 3.83. The lowest BCUT2D eigenvalue weighted by Gasteiger charge is -2.13. The minimum atomic E-state index is -0.379. The molecule has 2 rings (SSSR count). The van der Waals surface area contributed by atoms with Crippen LogP contribution in [0.2, 0.25) is 5.02 Å². The Kier molecular flexibility index (Phi) is 4.22. The zero-order chi connectivity index (χ0) is 13.1. The molecule has 0 spiro atoms. The van der Waals surface area contributed by atoms with Gasteiger partial charge < -0.3 is 5.73 Å². The first-order valence-corrected chi connectivity index (χ1v) is 6.61. The second kappa shape index (κ2) is 5.69. The number of halogens is 2. The van der Waals surface area contributed by atoms with Crippen LogP contribution < -0.4 is 5.73 Å². The van der Waals surface area contributed by atoms with Gasteiger partial charge in [-0.15, -0.1) is 0 Å². The summed E-state index contributed by atoms with van der Waals surface area (Å²) in [6, 6.07) is 8.00. The van der Waals surface area contributed by atoms with Gasteiger partial charge in [-0.05, 0) is 31.2 Å². The van der Waals surface area contributed by atoms with Crippen molar-refractivity contribution in [2.75, 3.05) is 0 Å². The van der Waals surface area contributed by atoms with E-state index in [-0.39, 0.29) is 11.9 Å². The highest BCUT2D eigenvalue weighted by Gasteiger charge is 2.14. The van der Waals surface area contributed by atoms with Crippen LogP contribution in [0, 0.1) is 5.82 Å². The van der Waals surface area contributed by atoms with E-state index in [1.54, 1.807) is 31.3 Å². The molecule has 0 aliphatic heterocycles. The van der Waals surface area contributed by atoms with Gasteiger partial charge >= 0.3 is 0 Å². The number of nitrogens with two attached hydrogens (primary N) is 1. The third-order valence-electron chi connectivity index (χ3n) is 2.40. The lowest BCUT2D eigenvalue weighted by atomic mass is 10.1. The van der Waals surface area contributed by atoms with E-state index in [0.29, 0.717) is 15.6 Å². The molecular formula is C13H12ClFN2S. The fourth-order valence-corrected chi connectivity index (χ4v) is 2.86. The second-order valence-corrected chi connectivity index (χ2v) is 5.27. The Hall–Kier alpha value is -1.10. The van der Waals surface area contributed by atoms with Gasteiger partial charge in [0.1, 0.15) is 10.8 Å². The molecular weight excluding hydrogens is 271 g/mol. The summed E-state index contributed by atoms with van der Waals surface area (Å²) in [5.74, 6) is -0.304. The molecule has 0 saturated heterocycles. The quantitative estimate of drug-likeness (QED) is 0.923. The lowest BCUT2D eigenvalue weighted by Crippen LogP contribution is -2.09. The number of rotatable bonds is 3. The van der Waals surface area contributed by atoms with Crippen LogP contribution >= 0.6 is 23.4 Å². The molecule has 2 nitrogen and oxygen atoms in total. The Morgan fingerprint density at radius 3 is 2.78 bits per heavy atom.